The van der Waals surface area contributed by atoms with Crippen LogP contribution in [-0.2, 0) is 16.0 Å². The molecule has 0 radical (unpaired) electrons. The van der Waals surface area contributed by atoms with Crippen LogP contribution in [0.4, 0.5) is 5.69 Å². The largest absolute Gasteiger partial charge is 0.479 e. The van der Waals surface area contributed by atoms with Crippen molar-refractivity contribution in [2.75, 3.05) is 11.9 Å². The van der Waals surface area contributed by atoms with E-state index in [0.29, 0.717) is 11.3 Å². The fourth-order valence-corrected chi connectivity index (χ4v) is 1.75. The zero-order chi connectivity index (χ0) is 14.0. The zero-order valence-corrected chi connectivity index (χ0v) is 9.84. The molecule has 7 nitrogen and oxygen atoms in total. The number of carboxylic acid groups (broad SMARTS) is 1. The molecule has 0 saturated carbocycles. The lowest BCUT2D eigenvalue weighted by Crippen LogP contribution is -2.36. The Morgan fingerprint density at radius 1 is 1.42 bits per heavy atom. The van der Waals surface area contributed by atoms with Gasteiger partial charge in [0.15, 0.2) is 6.10 Å². The molecule has 19 heavy (non-hydrogen) atoms. The molecule has 4 N–H and O–H groups in total. The van der Waals surface area contributed by atoms with E-state index in [2.05, 4.69) is 10.6 Å². The topological polar surface area (TPSA) is 116 Å². The number of hydrogen-bond acceptors (Lipinski definition) is 4. The molecule has 0 saturated heterocycles. The van der Waals surface area contributed by atoms with Gasteiger partial charge in [-0.05, 0) is 23.8 Å². The van der Waals surface area contributed by atoms with Gasteiger partial charge in [-0.1, -0.05) is 0 Å². The van der Waals surface area contributed by atoms with Crippen molar-refractivity contribution >= 4 is 23.5 Å². The Balaban J connectivity index is 2.03. The third-order valence-corrected chi connectivity index (χ3v) is 2.73. The standard InChI is InChI=1S/C12H12N2O5/c15-9(12(18)19)5-13-11(17)6-1-2-8-7(3-6)4-10(16)14-8/h1-3,9,15H,4-5H2,(H,13,17)(H,14,16)(H,18,19). The van der Waals surface area contributed by atoms with Crippen LogP contribution in [-0.4, -0.2) is 40.6 Å². The number of carbonyl (C=O) groups excluding carboxylic acids is 2. The van der Waals surface area contributed by atoms with Crippen LogP contribution >= 0.6 is 0 Å². The summed E-state index contributed by atoms with van der Waals surface area (Å²) in [6.45, 7) is -0.373. The van der Waals surface area contributed by atoms with Gasteiger partial charge in [0, 0.05) is 11.3 Å². The van der Waals surface area contributed by atoms with Crippen molar-refractivity contribution in [2.24, 2.45) is 0 Å². The summed E-state index contributed by atoms with van der Waals surface area (Å²) in [5.41, 5.74) is 1.70. The first-order valence-corrected chi connectivity index (χ1v) is 5.59. The van der Waals surface area contributed by atoms with Crippen LogP contribution in [0.25, 0.3) is 0 Å². The highest BCUT2D eigenvalue weighted by Gasteiger charge is 2.20. The lowest BCUT2D eigenvalue weighted by atomic mass is 10.1. The van der Waals surface area contributed by atoms with Crippen LogP contribution < -0.4 is 10.6 Å². The maximum absolute atomic E-state index is 11.7. The van der Waals surface area contributed by atoms with Gasteiger partial charge in [-0.15, -0.1) is 0 Å². The van der Waals surface area contributed by atoms with Crippen molar-refractivity contribution in [1.82, 2.24) is 5.32 Å². The molecule has 7 heteroatoms. The van der Waals surface area contributed by atoms with Crippen molar-refractivity contribution in [3.05, 3.63) is 29.3 Å². The lowest BCUT2D eigenvalue weighted by Gasteiger charge is -2.08. The summed E-state index contributed by atoms with van der Waals surface area (Å²) in [7, 11) is 0. The quantitative estimate of drug-likeness (QED) is 0.577. The molecule has 1 unspecified atom stereocenters. The number of fused-ring (bicyclic) bond motifs is 1. The first-order chi connectivity index (χ1) is 8.97. The smallest absolute Gasteiger partial charge is 0.334 e. The van der Waals surface area contributed by atoms with Gasteiger partial charge in [-0.3, -0.25) is 9.59 Å². The van der Waals surface area contributed by atoms with Gasteiger partial charge < -0.3 is 20.8 Å². The molecular formula is C12H12N2O5. The summed E-state index contributed by atoms with van der Waals surface area (Å²) in [4.78, 5) is 33.3. The van der Waals surface area contributed by atoms with Gasteiger partial charge in [-0.2, -0.15) is 0 Å². The number of anilines is 1. The predicted octanol–water partition coefficient (Wildman–Crippen LogP) is -0.643. The Kier molecular flexibility index (Phi) is 3.48. The van der Waals surface area contributed by atoms with Gasteiger partial charge >= 0.3 is 5.97 Å². The van der Waals surface area contributed by atoms with Crippen molar-refractivity contribution in [3.8, 4) is 0 Å². The van der Waals surface area contributed by atoms with Gasteiger partial charge in [0.25, 0.3) is 5.91 Å². The minimum Gasteiger partial charge on any atom is -0.479 e. The highest BCUT2D eigenvalue weighted by atomic mass is 16.4. The molecular weight excluding hydrogens is 252 g/mol. The molecule has 1 aromatic carbocycles. The maximum atomic E-state index is 11.7. The van der Waals surface area contributed by atoms with E-state index in [0.717, 1.165) is 5.56 Å². The van der Waals surface area contributed by atoms with Crippen LogP contribution in [0, 0.1) is 0 Å². The number of benzene rings is 1. The Labute approximate surface area is 108 Å². The first-order valence-electron chi connectivity index (χ1n) is 5.59. The molecule has 0 bridgehead atoms. The first kappa shape index (κ1) is 13.0. The lowest BCUT2D eigenvalue weighted by molar-refractivity contribution is -0.146. The summed E-state index contributed by atoms with van der Waals surface area (Å²) in [6, 6.07) is 4.70. The molecule has 1 aliphatic rings. The average molecular weight is 264 g/mol. The van der Waals surface area contributed by atoms with Gasteiger partial charge in [-0.25, -0.2) is 4.79 Å². The number of carbonyl (C=O) groups is 3. The highest BCUT2D eigenvalue weighted by molar-refractivity contribution is 6.01. The third kappa shape index (κ3) is 2.89. The van der Waals surface area contributed by atoms with Crippen molar-refractivity contribution in [1.29, 1.82) is 0 Å². The van der Waals surface area contributed by atoms with Gasteiger partial charge in [0.2, 0.25) is 5.91 Å². The van der Waals surface area contributed by atoms with Crippen LogP contribution in [0.2, 0.25) is 0 Å². The van der Waals surface area contributed by atoms with Crippen molar-refractivity contribution < 1.29 is 24.6 Å². The second kappa shape index (κ2) is 5.07. The Morgan fingerprint density at radius 2 is 2.16 bits per heavy atom. The fraction of sp³-hybridized carbons (Fsp3) is 0.250. The summed E-state index contributed by atoms with van der Waals surface area (Å²) in [5, 5.41) is 22.5. The number of aliphatic carboxylic acids is 1. The monoisotopic (exact) mass is 264 g/mol. The Bertz CT molecular complexity index is 555. The van der Waals surface area contributed by atoms with E-state index >= 15 is 0 Å². The van der Waals surface area contributed by atoms with Crippen molar-refractivity contribution in [2.45, 2.75) is 12.5 Å². The minimum atomic E-state index is -1.64. The molecule has 0 aromatic heterocycles. The minimum absolute atomic E-state index is 0.131. The number of hydrogen-bond donors (Lipinski definition) is 4. The highest BCUT2D eigenvalue weighted by Crippen LogP contribution is 2.23. The van der Waals surface area contributed by atoms with Gasteiger partial charge in [0.1, 0.15) is 0 Å². The molecule has 100 valence electrons. The van der Waals surface area contributed by atoms with E-state index in [-0.39, 0.29) is 18.9 Å². The molecule has 2 amide bonds. The summed E-state index contributed by atoms with van der Waals surface area (Å²) >= 11 is 0. The molecule has 2 rings (SSSR count). The molecule has 1 aromatic rings. The average Bonchev–Trinajstić information content (AvgIpc) is 2.74. The number of amides is 2. The zero-order valence-electron chi connectivity index (χ0n) is 9.84. The van der Waals surface area contributed by atoms with Crippen LogP contribution in [0.5, 0.6) is 0 Å². The van der Waals surface area contributed by atoms with E-state index in [1.54, 1.807) is 12.1 Å². The number of aliphatic hydroxyl groups is 1. The SMILES string of the molecule is O=C1Cc2cc(C(=O)NCC(O)C(=O)O)ccc2N1. The van der Waals surface area contributed by atoms with E-state index in [1.165, 1.54) is 6.07 Å². The molecule has 0 fully saturated rings. The van der Waals surface area contributed by atoms with E-state index in [9.17, 15) is 14.4 Å². The summed E-state index contributed by atoms with van der Waals surface area (Å²) in [5.74, 6) is -2.03. The third-order valence-electron chi connectivity index (χ3n) is 2.73. The number of rotatable bonds is 4. The molecule has 1 atom stereocenters. The number of carboxylic acids is 1. The van der Waals surface area contributed by atoms with Gasteiger partial charge in [0.05, 0.1) is 13.0 Å². The number of aliphatic hydroxyl groups excluding tert-OH is 1. The van der Waals surface area contributed by atoms with E-state index < -0.39 is 18.0 Å². The Hall–Kier alpha value is -2.41. The van der Waals surface area contributed by atoms with Crippen molar-refractivity contribution in [3.63, 3.8) is 0 Å². The second-order valence-electron chi connectivity index (χ2n) is 4.16. The fourth-order valence-electron chi connectivity index (χ4n) is 1.75. The van der Waals surface area contributed by atoms with Crippen LogP contribution in [0.15, 0.2) is 18.2 Å². The summed E-state index contributed by atoms with van der Waals surface area (Å²) < 4.78 is 0. The molecule has 0 aliphatic carbocycles. The molecule has 1 aliphatic heterocycles. The summed E-state index contributed by atoms with van der Waals surface area (Å²) in [6.07, 6.45) is -1.42. The molecule has 1 heterocycles. The van der Waals surface area contributed by atoms with E-state index in [4.69, 9.17) is 10.2 Å². The number of nitrogens with one attached hydrogen (secondary N) is 2. The maximum Gasteiger partial charge on any atom is 0.334 e. The normalized spacial score (nSPS) is 14.5. The second-order valence-corrected chi connectivity index (χ2v) is 4.16. The van der Waals surface area contributed by atoms with E-state index in [1.807, 2.05) is 0 Å². The Morgan fingerprint density at radius 3 is 2.84 bits per heavy atom. The van der Waals surface area contributed by atoms with Crippen LogP contribution in [0.3, 0.4) is 0 Å². The molecule has 0 spiro atoms. The van der Waals surface area contributed by atoms with Crippen LogP contribution in [0.1, 0.15) is 15.9 Å². The predicted molar refractivity (Wildman–Crippen MR) is 64.8 cm³/mol.